The summed E-state index contributed by atoms with van der Waals surface area (Å²) < 4.78 is 5.92. The number of nitro groups is 1. The van der Waals surface area contributed by atoms with E-state index in [1.807, 2.05) is 32.0 Å². The maximum Gasteiger partial charge on any atom is 0.291 e. The second-order valence-corrected chi connectivity index (χ2v) is 8.28. The number of nitrogens with zero attached hydrogens (tertiary/aromatic N) is 2. The maximum absolute atomic E-state index is 13.0. The zero-order valence-electron chi connectivity index (χ0n) is 19.1. The summed E-state index contributed by atoms with van der Waals surface area (Å²) in [5.41, 5.74) is 7.48. The van der Waals surface area contributed by atoms with Gasteiger partial charge in [-0.2, -0.15) is 5.10 Å². The van der Waals surface area contributed by atoms with Crippen molar-refractivity contribution < 1.29 is 18.9 Å². The van der Waals surface area contributed by atoms with Crippen molar-refractivity contribution in [3.05, 3.63) is 91.9 Å². The number of hydrazone groups is 1. The topological polar surface area (TPSA) is 127 Å². The summed E-state index contributed by atoms with van der Waals surface area (Å²) in [5.74, 6) is 0.0655. The normalized spacial score (nSPS) is 13.9. The number of non-ortho nitro benzene ring substituents is 1. The molecule has 1 aliphatic carbocycles. The van der Waals surface area contributed by atoms with Gasteiger partial charge in [-0.05, 0) is 57.4 Å². The molecule has 3 aromatic rings. The number of aryl methyl sites for hydroxylation is 3. The van der Waals surface area contributed by atoms with Crippen molar-refractivity contribution in [3.8, 4) is 0 Å². The van der Waals surface area contributed by atoms with Gasteiger partial charge in [-0.25, -0.2) is 5.43 Å². The van der Waals surface area contributed by atoms with Gasteiger partial charge in [0.25, 0.3) is 17.5 Å². The molecular weight excluding hydrogens is 436 g/mol. The van der Waals surface area contributed by atoms with Crippen LogP contribution in [0, 0.1) is 30.9 Å². The van der Waals surface area contributed by atoms with E-state index in [9.17, 15) is 19.7 Å². The van der Waals surface area contributed by atoms with E-state index in [0.29, 0.717) is 35.6 Å². The lowest BCUT2D eigenvalue weighted by Crippen LogP contribution is -2.22. The minimum absolute atomic E-state index is 0.0968. The van der Waals surface area contributed by atoms with Crippen LogP contribution in [0.5, 0.6) is 0 Å². The highest BCUT2D eigenvalue weighted by Crippen LogP contribution is 2.30. The van der Waals surface area contributed by atoms with Crippen molar-refractivity contribution in [1.82, 2.24) is 5.43 Å². The highest BCUT2D eigenvalue weighted by atomic mass is 16.6. The van der Waals surface area contributed by atoms with E-state index in [1.54, 1.807) is 6.92 Å². The third kappa shape index (κ3) is 4.59. The number of nitrogens with one attached hydrogen (secondary N) is 2. The lowest BCUT2D eigenvalue weighted by Gasteiger charge is -2.13. The van der Waals surface area contributed by atoms with Gasteiger partial charge in [0, 0.05) is 40.9 Å². The molecule has 0 saturated heterocycles. The highest BCUT2D eigenvalue weighted by Gasteiger charge is 2.28. The van der Waals surface area contributed by atoms with Crippen molar-refractivity contribution in [2.75, 3.05) is 5.32 Å². The van der Waals surface area contributed by atoms with Gasteiger partial charge < -0.3 is 9.73 Å². The second kappa shape index (κ2) is 9.30. The molecule has 174 valence electrons. The Morgan fingerprint density at radius 1 is 1.03 bits per heavy atom. The van der Waals surface area contributed by atoms with Gasteiger partial charge in [-0.15, -0.1) is 0 Å². The molecule has 4 rings (SSSR count). The molecule has 9 nitrogen and oxygen atoms in total. The fourth-order valence-electron chi connectivity index (χ4n) is 4.05. The standard InChI is InChI=1S/C25H24N4O5/c1-14-7-12-19(15(2)13-14)26-25(31)23-16(3)22-20(5-4-6-21(22)34-23)27-28-24(30)17-8-10-18(11-9-17)29(32)33/h7-13H,4-6H2,1-3H3,(H,26,31)(H,28,30)/b27-20+. The van der Waals surface area contributed by atoms with Crippen molar-refractivity contribution >= 4 is 28.9 Å². The Labute approximate surface area is 196 Å². The summed E-state index contributed by atoms with van der Waals surface area (Å²) in [7, 11) is 0. The minimum Gasteiger partial charge on any atom is -0.455 e. The predicted molar refractivity (Wildman–Crippen MR) is 127 cm³/mol. The number of hydrogen-bond donors (Lipinski definition) is 2. The summed E-state index contributed by atoms with van der Waals surface area (Å²) in [5, 5.41) is 18.0. The zero-order valence-corrected chi connectivity index (χ0v) is 19.1. The van der Waals surface area contributed by atoms with Gasteiger partial charge in [0.15, 0.2) is 5.76 Å². The zero-order chi connectivity index (χ0) is 24.4. The summed E-state index contributed by atoms with van der Waals surface area (Å²) in [6.07, 6.45) is 2.05. The van der Waals surface area contributed by atoms with E-state index in [2.05, 4.69) is 15.8 Å². The Morgan fingerprint density at radius 3 is 2.44 bits per heavy atom. The monoisotopic (exact) mass is 460 g/mol. The Bertz CT molecular complexity index is 1320. The van der Waals surface area contributed by atoms with E-state index in [0.717, 1.165) is 23.1 Å². The molecular formula is C25H24N4O5. The van der Waals surface area contributed by atoms with Crippen molar-refractivity contribution in [3.63, 3.8) is 0 Å². The molecule has 1 aromatic heterocycles. The van der Waals surface area contributed by atoms with E-state index in [4.69, 9.17) is 4.42 Å². The number of hydrogen-bond acceptors (Lipinski definition) is 6. The SMILES string of the molecule is Cc1ccc(NC(=O)c2oc3c(c2C)/C(=N/NC(=O)c2ccc([N+](=O)[O-])cc2)CCC3)c(C)c1. The molecule has 9 heteroatoms. The largest absolute Gasteiger partial charge is 0.455 e. The van der Waals surface area contributed by atoms with Crippen LogP contribution >= 0.6 is 0 Å². The number of anilines is 1. The van der Waals surface area contributed by atoms with Crippen LogP contribution in [-0.2, 0) is 6.42 Å². The molecule has 0 radical (unpaired) electrons. The quantitative estimate of drug-likeness (QED) is 0.416. The fourth-order valence-corrected chi connectivity index (χ4v) is 4.05. The number of rotatable bonds is 5. The molecule has 0 aliphatic heterocycles. The van der Waals surface area contributed by atoms with Gasteiger partial charge in [-0.3, -0.25) is 19.7 Å². The average molecular weight is 460 g/mol. The first kappa shape index (κ1) is 22.9. The molecule has 34 heavy (non-hydrogen) atoms. The second-order valence-electron chi connectivity index (χ2n) is 8.28. The van der Waals surface area contributed by atoms with Crippen LogP contribution in [0.15, 0.2) is 52.0 Å². The lowest BCUT2D eigenvalue weighted by molar-refractivity contribution is -0.384. The van der Waals surface area contributed by atoms with Crippen LogP contribution in [0.3, 0.4) is 0 Å². The summed E-state index contributed by atoms with van der Waals surface area (Å²) >= 11 is 0. The van der Waals surface area contributed by atoms with Gasteiger partial charge in [-0.1, -0.05) is 17.7 Å². The van der Waals surface area contributed by atoms with E-state index in [-0.39, 0.29) is 22.9 Å². The molecule has 0 saturated carbocycles. The Kier molecular flexibility index (Phi) is 6.27. The fraction of sp³-hybridized carbons (Fsp3) is 0.240. The molecule has 0 fully saturated rings. The predicted octanol–water partition coefficient (Wildman–Crippen LogP) is 4.84. The first-order valence-corrected chi connectivity index (χ1v) is 10.9. The van der Waals surface area contributed by atoms with Gasteiger partial charge in [0.1, 0.15) is 5.76 Å². The number of amides is 2. The van der Waals surface area contributed by atoms with Gasteiger partial charge in [0.2, 0.25) is 0 Å². The van der Waals surface area contributed by atoms with E-state index < -0.39 is 10.8 Å². The summed E-state index contributed by atoms with van der Waals surface area (Å²) in [6, 6.07) is 11.1. The number of fused-ring (bicyclic) bond motifs is 1. The van der Waals surface area contributed by atoms with Crippen LogP contribution < -0.4 is 10.7 Å². The Hall–Kier alpha value is -4.27. The Morgan fingerprint density at radius 2 is 1.76 bits per heavy atom. The minimum atomic E-state index is -0.527. The van der Waals surface area contributed by atoms with Crippen molar-refractivity contribution in [1.29, 1.82) is 0 Å². The maximum atomic E-state index is 13.0. The smallest absolute Gasteiger partial charge is 0.291 e. The molecule has 2 aromatic carbocycles. The average Bonchev–Trinajstić information content (AvgIpc) is 3.16. The summed E-state index contributed by atoms with van der Waals surface area (Å²) in [4.78, 5) is 35.7. The molecule has 0 atom stereocenters. The van der Waals surface area contributed by atoms with Crippen LogP contribution in [0.4, 0.5) is 11.4 Å². The van der Waals surface area contributed by atoms with E-state index >= 15 is 0 Å². The third-order valence-corrected chi connectivity index (χ3v) is 5.79. The lowest BCUT2D eigenvalue weighted by atomic mass is 9.93. The van der Waals surface area contributed by atoms with Crippen molar-refractivity contribution in [2.24, 2.45) is 5.10 Å². The number of carbonyl (C=O) groups excluding carboxylic acids is 2. The highest BCUT2D eigenvalue weighted by molar-refractivity contribution is 6.09. The third-order valence-electron chi connectivity index (χ3n) is 5.79. The van der Waals surface area contributed by atoms with Gasteiger partial charge >= 0.3 is 0 Å². The van der Waals surface area contributed by atoms with Gasteiger partial charge in [0.05, 0.1) is 10.6 Å². The Balaban J connectivity index is 1.54. The number of nitro benzene ring substituents is 1. The number of benzene rings is 2. The molecule has 0 spiro atoms. The molecule has 2 N–H and O–H groups in total. The number of furan rings is 1. The van der Waals surface area contributed by atoms with Crippen LogP contribution in [0.25, 0.3) is 0 Å². The first-order chi connectivity index (χ1) is 16.2. The molecule has 0 bridgehead atoms. The summed E-state index contributed by atoms with van der Waals surface area (Å²) in [6.45, 7) is 5.73. The van der Waals surface area contributed by atoms with Crippen molar-refractivity contribution in [2.45, 2.75) is 40.0 Å². The molecule has 1 aliphatic rings. The van der Waals surface area contributed by atoms with Crippen LogP contribution in [-0.4, -0.2) is 22.4 Å². The van der Waals surface area contributed by atoms with E-state index in [1.165, 1.54) is 24.3 Å². The van der Waals surface area contributed by atoms with Crippen LogP contribution in [0.2, 0.25) is 0 Å². The number of carbonyl (C=O) groups is 2. The first-order valence-electron chi connectivity index (χ1n) is 10.9. The molecule has 1 heterocycles. The molecule has 0 unspecified atom stereocenters. The van der Waals surface area contributed by atoms with Crippen LogP contribution in [0.1, 0.15) is 61.8 Å². The molecule has 2 amide bonds.